The van der Waals surface area contributed by atoms with Crippen LogP contribution >= 0.6 is 15.9 Å². The predicted molar refractivity (Wildman–Crippen MR) is 85.8 cm³/mol. The van der Waals surface area contributed by atoms with Crippen LogP contribution in [0.1, 0.15) is 21.5 Å². The molecule has 5 nitrogen and oxygen atoms in total. The molecule has 0 spiro atoms. The van der Waals surface area contributed by atoms with Gasteiger partial charge in [0.25, 0.3) is 5.91 Å². The van der Waals surface area contributed by atoms with Crippen LogP contribution in [-0.2, 0) is 0 Å². The number of anilines is 1. The van der Waals surface area contributed by atoms with Gasteiger partial charge in [-0.15, -0.1) is 0 Å². The van der Waals surface area contributed by atoms with Gasteiger partial charge in [-0.3, -0.25) is 4.79 Å². The maximum absolute atomic E-state index is 12.2. The number of halogens is 1. The number of amides is 1. The number of aryl methyl sites for hydroxylation is 1. The summed E-state index contributed by atoms with van der Waals surface area (Å²) < 4.78 is 0.981. The highest BCUT2D eigenvalue weighted by atomic mass is 79.9. The lowest BCUT2D eigenvalue weighted by molar-refractivity contribution is 0.102. The monoisotopic (exact) mass is 347 g/mol. The minimum atomic E-state index is -0.260. The highest BCUT2D eigenvalue weighted by molar-refractivity contribution is 9.10. The Morgan fingerprint density at radius 2 is 1.95 bits per heavy atom. The zero-order chi connectivity index (χ0) is 15.4. The standard InChI is InChI=1S/C15H14BrN3O2/c1-9-7-12(5-6-13(9)16)18-15(20)11-4-2-3-10(8-11)14(17)19-21/h2-8,21H,1H3,(H2,17,19)(H,18,20). The highest BCUT2D eigenvalue weighted by Crippen LogP contribution is 2.20. The second kappa shape index (κ2) is 6.41. The maximum atomic E-state index is 12.2. The lowest BCUT2D eigenvalue weighted by Gasteiger charge is -2.08. The first-order chi connectivity index (χ1) is 10.0. The molecule has 0 saturated carbocycles. The van der Waals surface area contributed by atoms with Gasteiger partial charge in [-0.25, -0.2) is 0 Å². The number of rotatable bonds is 3. The zero-order valence-corrected chi connectivity index (χ0v) is 12.9. The summed E-state index contributed by atoms with van der Waals surface area (Å²) in [6, 6.07) is 12.1. The molecule has 108 valence electrons. The molecule has 0 bridgehead atoms. The Labute approximate surface area is 130 Å². The Morgan fingerprint density at radius 1 is 1.24 bits per heavy atom. The Bertz CT molecular complexity index is 714. The van der Waals surface area contributed by atoms with Crippen LogP contribution in [0.5, 0.6) is 0 Å². The third-order valence-electron chi connectivity index (χ3n) is 2.94. The van der Waals surface area contributed by atoms with Crippen LogP contribution in [0.3, 0.4) is 0 Å². The molecule has 0 unspecified atom stereocenters. The number of amidine groups is 1. The molecule has 0 fully saturated rings. The van der Waals surface area contributed by atoms with Crippen molar-refractivity contribution in [2.24, 2.45) is 10.9 Å². The van der Waals surface area contributed by atoms with Crippen molar-refractivity contribution >= 4 is 33.4 Å². The highest BCUT2D eigenvalue weighted by Gasteiger charge is 2.09. The molecule has 6 heteroatoms. The average Bonchev–Trinajstić information content (AvgIpc) is 2.50. The van der Waals surface area contributed by atoms with E-state index in [1.807, 2.05) is 25.1 Å². The first-order valence-corrected chi connectivity index (χ1v) is 6.96. The fraction of sp³-hybridized carbons (Fsp3) is 0.0667. The molecule has 0 radical (unpaired) electrons. The molecule has 0 aliphatic rings. The number of oxime groups is 1. The summed E-state index contributed by atoms with van der Waals surface area (Å²) in [5.74, 6) is -0.298. The first-order valence-electron chi connectivity index (χ1n) is 6.16. The van der Waals surface area contributed by atoms with Gasteiger partial charge in [0.05, 0.1) is 0 Å². The molecule has 21 heavy (non-hydrogen) atoms. The van der Waals surface area contributed by atoms with Crippen molar-refractivity contribution in [2.45, 2.75) is 6.92 Å². The number of nitrogens with two attached hydrogens (primary N) is 1. The summed E-state index contributed by atoms with van der Waals surface area (Å²) >= 11 is 3.41. The second-order valence-corrected chi connectivity index (χ2v) is 5.34. The number of carbonyl (C=O) groups is 1. The number of benzene rings is 2. The number of nitrogens with zero attached hydrogens (tertiary/aromatic N) is 1. The van der Waals surface area contributed by atoms with E-state index in [1.165, 1.54) is 0 Å². The summed E-state index contributed by atoms with van der Waals surface area (Å²) in [7, 11) is 0. The fourth-order valence-electron chi connectivity index (χ4n) is 1.80. The normalized spacial score (nSPS) is 11.2. The minimum Gasteiger partial charge on any atom is -0.409 e. The summed E-state index contributed by atoms with van der Waals surface area (Å²) in [6.45, 7) is 1.94. The van der Waals surface area contributed by atoms with Gasteiger partial charge in [-0.05, 0) is 42.8 Å². The van der Waals surface area contributed by atoms with E-state index in [2.05, 4.69) is 26.4 Å². The molecule has 0 aliphatic heterocycles. The molecule has 2 rings (SSSR count). The van der Waals surface area contributed by atoms with Crippen molar-refractivity contribution in [2.75, 3.05) is 5.32 Å². The molecule has 0 heterocycles. The van der Waals surface area contributed by atoms with E-state index >= 15 is 0 Å². The van der Waals surface area contributed by atoms with Crippen LogP contribution in [0.4, 0.5) is 5.69 Å². The van der Waals surface area contributed by atoms with Crippen LogP contribution in [0.2, 0.25) is 0 Å². The lowest BCUT2D eigenvalue weighted by atomic mass is 10.1. The zero-order valence-electron chi connectivity index (χ0n) is 11.3. The van der Waals surface area contributed by atoms with E-state index in [0.29, 0.717) is 16.8 Å². The van der Waals surface area contributed by atoms with Crippen molar-refractivity contribution in [1.82, 2.24) is 0 Å². The van der Waals surface area contributed by atoms with E-state index in [-0.39, 0.29) is 11.7 Å². The van der Waals surface area contributed by atoms with Crippen molar-refractivity contribution < 1.29 is 10.0 Å². The van der Waals surface area contributed by atoms with E-state index in [1.54, 1.807) is 24.3 Å². The minimum absolute atomic E-state index is 0.0378. The Morgan fingerprint density at radius 3 is 2.62 bits per heavy atom. The molecule has 4 N–H and O–H groups in total. The maximum Gasteiger partial charge on any atom is 0.255 e. The van der Waals surface area contributed by atoms with Gasteiger partial charge < -0.3 is 16.3 Å². The van der Waals surface area contributed by atoms with Crippen LogP contribution in [0.25, 0.3) is 0 Å². The first kappa shape index (κ1) is 15.1. The molecule has 0 saturated heterocycles. The number of carbonyl (C=O) groups excluding carboxylic acids is 1. The fourth-order valence-corrected chi connectivity index (χ4v) is 2.05. The van der Waals surface area contributed by atoms with Gasteiger partial charge >= 0.3 is 0 Å². The number of hydrogen-bond acceptors (Lipinski definition) is 3. The molecule has 2 aromatic carbocycles. The Kier molecular flexibility index (Phi) is 4.59. The second-order valence-electron chi connectivity index (χ2n) is 4.48. The van der Waals surface area contributed by atoms with Crippen LogP contribution in [-0.4, -0.2) is 17.0 Å². The van der Waals surface area contributed by atoms with E-state index in [0.717, 1.165) is 10.0 Å². The third-order valence-corrected chi connectivity index (χ3v) is 3.83. The van der Waals surface area contributed by atoms with Crippen molar-refractivity contribution in [1.29, 1.82) is 0 Å². The van der Waals surface area contributed by atoms with Gasteiger partial charge in [-0.2, -0.15) is 0 Å². The summed E-state index contributed by atoms with van der Waals surface area (Å²) in [6.07, 6.45) is 0. The van der Waals surface area contributed by atoms with Gasteiger partial charge in [0, 0.05) is 21.3 Å². The molecule has 0 aromatic heterocycles. The smallest absolute Gasteiger partial charge is 0.255 e. The molecular formula is C15H14BrN3O2. The predicted octanol–water partition coefficient (Wildman–Crippen LogP) is 3.10. The van der Waals surface area contributed by atoms with Crippen LogP contribution in [0.15, 0.2) is 52.1 Å². The van der Waals surface area contributed by atoms with Gasteiger partial charge in [0.1, 0.15) is 0 Å². The SMILES string of the molecule is Cc1cc(NC(=O)c2cccc(/C(N)=N/O)c2)ccc1Br. The summed E-state index contributed by atoms with van der Waals surface area (Å²) in [5, 5.41) is 14.4. The van der Waals surface area contributed by atoms with E-state index in [4.69, 9.17) is 10.9 Å². The van der Waals surface area contributed by atoms with Crippen molar-refractivity contribution in [3.63, 3.8) is 0 Å². The van der Waals surface area contributed by atoms with E-state index < -0.39 is 0 Å². The largest absolute Gasteiger partial charge is 0.409 e. The Hall–Kier alpha value is -2.34. The molecule has 1 amide bonds. The average molecular weight is 348 g/mol. The van der Waals surface area contributed by atoms with Crippen molar-refractivity contribution in [3.8, 4) is 0 Å². The molecule has 0 aliphatic carbocycles. The summed E-state index contributed by atoms with van der Waals surface area (Å²) in [4.78, 5) is 12.2. The number of nitrogens with one attached hydrogen (secondary N) is 1. The van der Waals surface area contributed by atoms with Gasteiger partial charge in [0.2, 0.25) is 0 Å². The van der Waals surface area contributed by atoms with Crippen LogP contribution in [0, 0.1) is 6.92 Å². The third kappa shape index (κ3) is 3.61. The number of hydrogen-bond donors (Lipinski definition) is 3. The molecular weight excluding hydrogens is 334 g/mol. The van der Waals surface area contributed by atoms with E-state index in [9.17, 15) is 4.79 Å². The van der Waals surface area contributed by atoms with Crippen molar-refractivity contribution in [3.05, 3.63) is 63.6 Å². The van der Waals surface area contributed by atoms with Gasteiger partial charge in [-0.1, -0.05) is 33.2 Å². The Balaban J connectivity index is 2.22. The topological polar surface area (TPSA) is 87.7 Å². The summed E-state index contributed by atoms with van der Waals surface area (Å²) in [5.41, 5.74) is 8.16. The lowest BCUT2D eigenvalue weighted by Crippen LogP contribution is -2.16. The van der Waals surface area contributed by atoms with Gasteiger partial charge in [0.15, 0.2) is 5.84 Å². The van der Waals surface area contributed by atoms with Crippen LogP contribution < -0.4 is 11.1 Å². The quantitative estimate of drug-likeness (QED) is 0.345. The molecule has 0 atom stereocenters. The molecule has 2 aromatic rings.